The van der Waals surface area contributed by atoms with Crippen LogP contribution in [0.5, 0.6) is 0 Å². The molecule has 0 aliphatic heterocycles. The van der Waals surface area contributed by atoms with Gasteiger partial charge in [-0.25, -0.2) is 4.98 Å². The summed E-state index contributed by atoms with van der Waals surface area (Å²) in [5.74, 6) is 0.527. The Morgan fingerprint density at radius 3 is 2.43 bits per heavy atom. The molecule has 7 heteroatoms. The van der Waals surface area contributed by atoms with Gasteiger partial charge >= 0.3 is 6.18 Å². The van der Waals surface area contributed by atoms with E-state index in [1.807, 2.05) is 12.1 Å². The number of alkyl halides is 3. The van der Waals surface area contributed by atoms with E-state index >= 15 is 0 Å². The lowest BCUT2D eigenvalue weighted by Gasteiger charge is -2.38. The molecule has 1 aliphatic carbocycles. The molecule has 2 N–H and O–H groups in total. The molecule has 4 nitrogen and oxygen atoms in total. The van der Waals surface area contributed by atoms with Crippen LogP contribution in [-0.2, 0) is 6.18 Å². The molecule has 2 aromatic heterocycles. The molecule has 0 saturated heterocycles. The van der Waals surface area contributed by atoms with E-state index in [0.29, 0.717) is 18.7 Å². The molecule has 0 bridgehead atoms. The Hall–Kier alpha value is -2.15. The maximum atomic E-state index is 12.6. The highest BCUT2D eigenvalue weighted by molar-refractivity contribution is 5.39. The van der Waals surface area contributed by atoms with Gasteiger partial charge in [-0.05, 0) is 43.0 Å². The van der Waals surface area contributed by atoms with Gasteiger partial charge in [0.25, 0.3) is 0 Å². The summed E-state index contributed by atoms with van der Waals surface area (Å²) in [5.41, 5.74) is 0.00241. The van der Waals surface area contributed by atoms with Crippen LogP contribution in [0.2, 0.25) is 0 Å². The number of halogens is 3. The quantitative estimate of drug-likeness (QED) is 0.905. The van der Waals surface area contributed by atoms with E-state index in [2.05, 4.69) is 15.3 Å². The normalized spacial score (nSPS) is 22.3. The van der Waals surface area contributed by atoms with Crippen LogP contribution in [0.25, 0.3) is 0 Å². The van der Waals surface area contributed by atoms with E-state index in [0.717, 1.165) is 18.0 Å². The van der Waals surface area contributed by atoms with Crippen molar-refractivity contribution in [2.45, 2.75) is 31.2 Å². The average molecular weight is 323 g/mol. The summed E-state index contributed by atoms with van der Waals surface area (Å²) < 4.78 is 37.8. The molecular formula is C16H16F3N3O. The zero-order valence-electron chi connectivity index (χ0n) is 12.2. The molecule has 1 atom stereocenters. The highest BCUT2D eigenvalue weighted by Crippen LogP contribution is 2.39. The lowest BCUT2D eigenvalue weighted by atomic mass is 9.76. The predicted molar refractivity (Wildman–Crippen MR) is 78.6 cm³/mol. The topological polar surface area (TPSA) is 58.0 Å². The third-order valence-electron chi connectivity index (χ3n) is 4.02. The van der Waals surface area contributed by atoms with Crippen molar-refractivity contribution in [3.63, 3.8) is 0 Å². The first-order valence-corrected chi connectivity index (χ1v) is 7.32. The number of nitrogens with one attached hydrogen (secondary N) is 1. The van der Waals surface area contributed by atoms with Crippen molar-refractivity contribution in [1.29, 1.82) is 0 Å². The minimum absolute atomic E-state index is 0.170. The predicted octanol–water partition coefficient (Wildman–Crippen LogP) is 3.42. The van der Waals surface area contributed by atoms with Gasteiger partial charge in [0.2, 0.25) is 0 Å². The molecule has 2 heterocycles. The monoisotopic (exact) mass is 323 g/mol. The smallest absolute Gasteiger partial charge is 0.393 e. The number of nitrogens with zero attached hydrogens (tertiary/aromatic N) is 2. The number of aromatic nitrogens is 2. The summed E-state index contributed by atoms with van der Waals surface area (Å²) in [4.78, 5) is 8.16. The van der Waals surface area contributed by atoms with E-state index < -0.39 is 11.7 Å². The molecule has 0 amide bonds. The SMILES string of the molecule is OC1CC([C@@H](Nc2ccc(C(F)(F)F)cn2)c2ccccn2)C1. The Morgan fingerprint density at radius 1 is 1.13 bits per heavy atom. The molecule has 0 aromatic carbocycles. The summed E-state index contributed by atoms with van der Waals surface area (Å²) in [7, 11) is 0. The Morgan fingerprint density at radius 2 is 1.91 bits per heavy atom. The molecule has 23 heavy (non-hydrogen) atoms. The molecular weight excluding hydrogens is 307 g/mol. The van der Waals surface area contributed by atoms with Gasteiger partial charge in [0.15, 0.2) is 0 Å². The van der Waals surface area contributed by atoms with Gasteiger partial charge in [0.05, 0.1) is 23.4 Å². The van der Waals surface area contributed by atoms with Crippen molar-refractivity contribution in [1.82, 2.24) is 9.97 Å². The average Bonchev–Trinajstić information content (AvgIpc) is 2.50. The number of aliphatic hydroxyl groups is 1. The minimum Gasteiger partial charge on any atom is -0.393 e. The van der Waals surface area contributed by atoms with Gasteiger partial charge in [-0.3, -0.25) is 4.98 Å². The highest BCUT2D eigenvalue weighted by atomic mass is 19.4. The first-order chi connectivity index (χ1) is 10.9. The zero-order valence-corrected chi connectivity index (χ0v) is 12.2. The molecule has 0 radical (unpaired) electrons. The second kappa shape index (κ2) is 6.16. The minimum atomic E-state index is -4.40. The summed E-state index contributed by atoms with van der Waals surface area (Å²) >= 11 is 0. The van der Waals surface area contributed by atoms with E-state index in [1.165, 1.54) is 6.07 Å². The second-order valence-corrected chi connectivity index (χ2v) is 5.69. The van der Waals surface area contributed by atoms with E-state index in [9.17, 15) is 18.3 Å². The number of hydrogen-bond donors (Lipinski definition) is 2. The van der Waals surface area contributed by atoms with Crippen molar-refractivity contribution in [3.8, 4) is 0 Å². The van der Waals surface area contributed by atoms with Crippen molar-refractivity contribution in [2.24, 2.45) is 5.92 Å². The van der Waals surface area contributed by atoms with Crippen molar-refractivity contribution < 1.29 is 18.3 Å². The number of anilines is 1. The summed E-state index contributed by atoms with van der Waals surface area (Å²) in [6, 6.07) is 7.63. The maximum Gasteiger partial charge on any atom is 0.417 e. The Bertz CT molecular complexity index is 640. The Balaban J connectivity index is 1.79. The van der Waals surface area contributed by atoms with Crippen LogP contribution in [0.4, 0.5) is 19.0 Å². The molecule has 122 valence electrons. The first kappa shape index (κ1) is 15.7. The van der Waals surface area contributed by atoms with Gasteiger partial charge in [0, 0.05) is 12.4 Å². The van der Waals surface area contributed by atoms with Crippen LogP contribution in [-0.4, -0.2) is 21.2 Å². The lowest BCUT2D eigenvalue weighted by molar-refractivity contribution is -0.137. The number of aliphatic hydroxyl groups excluding tert-OH is 1. The third kappa shape index (κ3) is 3.61. The molecule has 0 unspecified atom stereocenters. The van der Waals surface area contributed by atoms with Crippen LogP contribution in [0.15, 0.2) is 42.7 Å². The van der Waals surface area contributed by atoms with Crippen LogP contribution in [0.1, 0.15) is 30.1 Å². The zero-order chi connectivity index (χ0) is 16.4. The Kier molecular flexibility index (Phi) is 4.21. The number of rotatable bonds is 4. The van der Waals surface area contributed by atoms with Crippen molar-refractivity contribution >= 4 is 5.82 Å². The highest BCUT2D eigenvalue weighted by Gasteiger charge is 2.36. The Labute approximate surface area is 131 Å². The van der Waals surface area contributed by atoms with Gasteiger partial charge in [0.1, 0.15) is 5.82 Å². The summed E-state index contributed by atoms with van der Waals surface area (Å²) in [6.45, 7) is 0. The first-order valence-electron chi connectivity index (χ1n) is 7.32. The van der Waals surface area contributed by atoms with Crippen molar-refractivity contribution in [2.75, 3.05) is 5.32 Å². The van der Waals surface area contributed by atoms with E-state index in [-0.39, 0.29) is 18.1 Å². The fourth-order valence-corrected chi connectivity index (χ4v) is 2.70. The third-order valence-corrected chi connectivity index (χ3v) is 4.02. The number of pyridine rings is 2. The second-order valence-electron chi connectivity index (χ2n) is 5.69. The molecule has 1 fully saturated rings. The molecule has 0 spiro atoms. The van der Waals surface area contributed by atoms with Crippen LogP contribution < -0.4 is 5.32 Å². The van der Waals surface area contributed by atoms with Crippen molar-refractivity contribution in [3.05, 3.63) is 54.0 Å². The van der Waals surface area contributed by atoms with Crippen LogP contribution >= 0.6 is 0 Å². The fourth-order valence-electron chi connectivity index (χ4n) is 2.70. The molecule has 2 aromatic rings. The van der Waals surface area contributed by atoms with E-state index in [1.54, 1.807) is 12.3 Å². The largest absolute Gasteiger partial charge is 0.417 e. The molecule has 3 rings (SSSR count). The molecule has 1 saturated carbocycles. The van der Waals surface area contributed by atoms with Gasteiger partial charge in [-0.15, -0.1) is 0 Å². The maximum absolute atomic E-state index is 12.6. The molecule has 1 aliphatic rings. The standard InChI is InChI=1S/C16H16F3N3O/c17-16(18,19)11-4-5-14(21-9-11)22-15(10-7-12(23)8-10)13-3-1-2-6-20-13/h1-6,9-10,12,15,23H,7-8H2,(H,21,22)/t10?,12?,15-/m1/s1. The van der Waals surface area contributed by atoms with Gasteiger partial charge in [-0.2, -0.15) is 13.2 Å². The lowest BCUT2D eigenvalue weighted by Crippen LogP contribution is -2.36. The number of hydrogen-bond acceptors (Lipinski definition) is 4. The van der Waals surface area contributed by atoms with Gasteiger partial charge in [-0.1, -0.05) is 6.07 Å². The van der Waals surface area contributed by atoms with Crippen LogP contribution in [0.3, 0.4) is 0 Å². The van der Waals surface area contributed by atoms with Crippen LogP contribution in [0, 0.1) is 5.92 Å². The van der Waals surface area contributed by atoms with E-state index in [4.69, 9.17) is 0 Å². The fraction of sp³-hybridized carbons (Fsp3) is 0.375. The summed E-state index contributed by atoms with van der Waals surface area (Å²) in [6.07, 6.45) is -0.978. The van der Waals surface area contributed by atoms with Gasteiger partial charge < -0.3 is 10.4 Å². The summed E-state index contributed by atoms with van der Waals surface area (Å²) in [5, 5.41) is 12.7.